The van der Waals surface area contributed by atoms with Crippen LogP contribution in [0.2, 0.25) is 0 Å². The number of benzene rings is 1. The molecule has 2 aromatic rings. The van der Waals surface area contributed by atoms with Gasteiger partial charge in [0.05, 0.1) is 12.7 Å². The van der Waals surface area contributed by atoms with E-state index in [4.69, 9.17) is 11.6 Å². The van der Waals surface area contributed by atoms with Crippen LogP contribution in [-0.2, 0) is 6.54 Å². The lowest BCUT2D eigenvalue weighted by atomic mass is 10.1. The Balaban J connectivity index is 2.25. The van der Waals surface area contributed by atoms with Crippen molar-refractivity contribution in [3.8, 4) is 11.1 Å². The standard InChI is InChI=1S/C11H11ClN2/c12-6-7-14-9-11(8-13-14)10-4-2-1-3-5-10/h1-5,8-9H,6-7H2. The van der Waals surface area contributed by atoms with Crippen LogP contribution in [0.25, 0.3) is 11.1 Å². The predicted octanol–water partition coefficient (Wildman–Crippen LogP) is 2.79. The Labute approximate surface area is 88.1 Å². The largest absolute Gasteiger partial charge is 0.271 e. The molecule has 72 valence electrons. The SMILES string of the molecule is ClCCn1cc(-c2ccccc2)cn1. The molecule has 0 aliphatic rings. The fourth-order valence-electron chi connectivity index (χ4n) is 1.35. The molecule has 1 aromatic carbocycles. The van der Waals surface area contributed by atoms with Gasteiger partial charge < -0.3 is 0 Å². The minimum atomic E-state index is 0.593. The number of aromatic nitrogens is 2. The van der Waals surface area contributed by atoms with Gasteiger partial charge in [-0.1, -0.05) is 30.3 Å². The van der Waals surface area contributed by atoms with E-state index in [0.29, 0.717) is 5.88 Å². The summed E-state index contributed by atoms with van der Waals surface area (Å²) in [4.78, 5) is 0. The van der Waals surface area contributed by atoms with Gasteiger partial charge >= 0.3 is 0 Å². The van der Waals surface area contributed by atoms with E-state index in [1.54, 1.807) is 0 Å². The van der Waals surface area contributed by atoms with Gasteiger partial charge in [-0.25, -0.2) is 0 Å². The number of aryl methyl sites for hydroxylation is 1. The first-order valence-electron chi connectivity index (χ1n) is 4.54. The second-order valence-electron chi connectivity index (χ2n) is 3.05. The highest BCUT2D eigenvalue weighted by atomic mass is 35.5. The van der Waals surface area contributed by atoms with Crippen LogP contribution in [-0.4, -0.2) is 15.7 Å². The summed E-state index contributed by atoms with van der Waals surface area (Å²) in [5.41, 5.74) is 2.32. The van der Waals surface area contributed by atoms with Crippen LogP contribution in [0.3, 0.4) is 0 Å². The van der Waals surface area contributed by atoms with Crippen molar-refractivity contribution in [1.29, 1.82) is 0 Å². The molecule has 1 heterocycles. The topological polar surface area (TPSA) is 17.8 Å². The maximum atomic E-state index is 5.63. The molecule has 1 aromatic heterocycles. The molecule has 0 radical (unpaired) electrons. The number of halogens is 1. The first-order chi connectivity index (χ1) is 6.90. The van der Waals surface area contributed by atoms with Gasteiger partial charge in [-0.15, -0.1) is 11.6 Å². The molecule has 0 aliphatic heterocycles. The van der Waals surface area contributed by atoms with Crippen LogP contribution < -0.4 is 0 Å². The Bertz CT molecular complexity index is 395. The Morgan fingerprint density at radius 3 is 2.64 bits per heavy atom. The smallest absolute Gasteiger partial charge is 0.0568 e. The number of rotatable bonds is 3. The highest BCUT2D eigenvalue weighted by Gasteiger charge is 1.99. The van der Waals surface area contributed by atoms with Crippen molar-refractivity contribution < 1.29 is 0 Å². The lowest BCUT2D eigenvalue weighted by Gasteiger charge is -1.95. The van der Waals surface area contributed by atoms with Crippen molar-refractivity contribution in [1.82, 2.24) is 9.78 Å². The van der Waals surface area contributed by atoms with E-state index in [-0.39, 0.29) is 0 Å². The number of hydrogen-bond donors (Lipinski definition) is 0. The fraction of sp³-hybridized carbons (Fsp3) is 0.182. The van der Waals surface area contributed by atoms with Gasteiger partial charge in [0.25, 0.3) is 0 Å². The maximum absolute atomic E-state index is 5.63. The second-order valence-corrected chi connectivity index (χ2v) is 3.43. The third kappa shape index (κ3) is 1.96. The lowest BCUT2D eigenvalue weighted by molar-refractivity contribution is 0.664. The zero-order valence-electron chi connectivity index (χ0n) is 7.73. The zero-order valence-corrected chi connectivity index (χ0v) is 8.48. The number of hydrogen-bond acceptors (Lipinski definition) is 1. The molecule has 0 saturated heterocycles. The van der Waals surface area contributed by atoms with Gasteiger partial charge in [0.2, 0.25) is 0 Å². The van der Waals surface area contributed by atoms with Gasteiger partial charge in [0.15, 0.2) is 0 Å². The first kappa shape index (κ1) is 9.28. The molecule has 3 heteroatoms. The van der Waals surface area contributed by atoms with E-state index < -0.39 is 0 Å². The van der Waals surface area contributed by atoms with Gasteiger partial charge in [-0.05, 0) is 5.56 Å². The maximum Gasteiger partial charge on any atom is 0.0568 e. The van der Waals surface area contributed by atoms with Gasteiger partial charge in [0.1, 0.15) is 0 Å². The third-order valence-electron chi connectivity index (χ3n) is 2.05. The minimum absolute atomic E-state index is 0.593. The molecule has 14 heavy (non-hydrogen) atoms. The highest BCUT2D eigenvalue weighted by Crippen LogP contribution is 2.17. The number of alkyl halides is 1. The molecule has 0 atom stereocenters. The van der Waals surface area contributed by atoms with E-state index >= 15 is 0 Å². The molecule has 0 saturated carbocycles. The molecule has 0 fully saturated rings. The minimum Gasteiger partial charge on any atom is -0.271 e. The summed E-state index contributed by atoms with van der Waals surface area (Å²) in [7, 11) is 0. The summed E-state index contributed by atoms with van der Waals surface area (Å²) in [5, 5.41) is 4.21. The summed E-state index contributed by atoms with van der Waals surface area (Å²) >= 11 is 5.63. The Kier molecular flexibility index (Phi) is 2.84. The van der Waals surface area contributed by atoms with Crippen molar-refractivity contribution in [3.05, 3.63) is 42.7 Å². The van der Waals surface area contributed by atoms with Gasteiger partial charge in [-0.3, -0.25) is 4.68 Å². The van der Waals surface area contributed by atoms with Crippen LogP contribution in [0.15, 0.2) is 42.7 Å². The lowest BCUT2D eigenvalue weighted by Crippen LogP contribution is -1.98. The van der Waals surface area contributed by atoms with Crippen LogP contribution in [0.5, 0.6) is 0 Å². The third-order valence-corrected chi connectivity index (χ3v) is 2.22. The Morgan fingerprint density at radius 1 is 1.14 bits per heavy atom. The monoisotopic (exact) mass is 206 g/mol. The molecular formula is C11H11ClN2. The summed E-state index contributed by atoms with van der Waals surface area (Å²) in [5.74, 6) is 0.593. The average molecular weight is 207 g/mol. The molecule has 0 aliphatic carbocycles. The molecule has 0 bridgehead atoms. The molecule has 0 amide bonds. The van der Waals surface area contributed by atoms with Crippen LogP contribution in [0, 0.1) is 0 Å². The molecule has 0 unspecified atom stereocenters. The van der Waals surface area contributed by atoms with Crippen molar-refractivity contribution in [3.63, 3.8) is 0 Å². The summed E-state index contributed by atoms with van der Waals surface area (Å²) in [6, 6.07) is 10.2. The molecular weight excluding hydrogens is 196 g/mol. The molecule has 2 nitrogen and oxygen atoms in total. The molecule has 2 rings (SSSR count). The summed E-state index contributed by atoms with van der Waals surface area (Å²) in [6.07, 6.45) is 3.87. The number of nitrogens with zero attached hydrogens (tertiary/aromatic N) is 2. The normalized spacial score (nSPS) is 10.4. The average Bonchev–Trinajstić information content (AvgIpc) is 2.68. The van der Waals surface area contributed by atoms with Crippen LogP contribution in [0.1, 0.15) is 0 Å². The quantitative estimate of drug-likeness (QED) is 0.707. The summed E-state index contributed by atoms with van der Waals surface area (Å²) in [6.45, 7) is 0.758. The Morgan fingerprint density at radius 2 is 1.93 bits per heavy atom. The van der Waals surface area contributed by atoms with E-state index in [1.165, 1.54) is 5.56 Å². The van der Waals surface area contributed by atoms with Gasteiger partial charge in [-0.2, -0.15) is 5.10 Å². The molecule has 0 spiro atoms. The van der Waals surface area contributed by atoms with Crippen LogP contribution >= 0.6 is 11.6 Å². The highest BCUT2D eigenvalue weighted by molar-refractivity contribution is 6.17. The summed E-state index contributed by atoms with van der Waals surface area (Å²) < 4.78 is 1.86. The van der Waals surface area contributed by atoms with Crippen molar-refractivity contribution in [2.75, 3.05) is 5.88 Å². The van der Waals surface area contributed by atoms with Crippen molar-refractivity contribution in [2.45, 2.75) is 6.54 Å². The first-order valence-corrected chi connectivity index (χ1v) is 5.07. The Hall–Kier alpha value is -1.28. The van der Waals surface area contributed by atoms with Crippen molar-refractivity contribution in [2.24, 2.45) is 0 Å². The van der Waals surface area contributed by atoms with E-state index in [0.717, 1.165) is 12.1 Å². The zero-order chi connectivity index (χ0) is 9.80. The van der Waals surface area contributed by atoms with E-state index in [1.807, 2.05) is 35.3 Å². The molecule has 0 N–H and O–H groups in total. The van der Waals surface area contributed by atoms with Gasteiger partial charge in [0, 0.05) is 17.6 Å². The van der Waals surface area contributed by atoms with E-state index in [2.05, 4.69) is 17.2 Å². The predicted molar refractivity (Wildman–Crippen MR) is 58.4 cm³/mol. The van der Waals surface area contributed by atoms with Crippen molar-refractivity contribution >= 4 is 11.6 Å². The second kappa shape index (κ2) is 4.29. The van der Waals surface area contributed by atoms with E-state index in [9.17, 15) is 0 Å². The fourth-order valence-corrected chi connectivity index (χ4v) is 1.53. The van der Waals surface area contributed by atoms with Crippen LogP contribution in [0.4, 0.5) is 0 Å².